The normalized spacial score (nSPS) is 21.5. The molecule has 218 valence electrons. The maximum atomic E-state index is 14.6. The molecule has 2 aromatic rings. The van der Waals surface area contributed by atoms with Gasteiger partial charge in [0.1, 0.15) is 0 Å². The molecule has 3 N–H and O–H groups in total. The van der Waals surface area contributed by atoms with E-state index in [4.69, 9.17) is 15.2 Å². The molecule has 0 amide bonds. The summed E-state index contributed by atoms with van der Waals surface area (Å²) < 4.78 is 54.0. The topological polar surface area (TPSA) is 137 Å². The number of nitro groups is 1. The number of non-ortho nitro benzene ring substituents is 1. The number of esters is 2. The lowest BCUT2D eigenvalue weighted by molar-refractivity contribution is -0.384. The second-order valence-electron chi connectivity index (χ2n) is 10.1. The number of likely N-dealkylation sites (tertiary alicyclic amines) is 1. The van der Waals surface area contributed by atoms with Crippen molar-refractivity contribution < 1.29 is 37.2 Å². The SMILES string of the molecule is COC(=O)C1=C(C)NC(C)=C(C(=O)O[C@]2(C(F)(F)F)CCN(Cc3ccc(N)cc3)C2)[C@H]1c1cccc([N+](=O)[O-])c1. The van der Waals surface area contributed by atoms with Gasteiger partial charge < -0.3 is 20.5 Å². The predicted molar refractivity (Wildman–Crippen MR) is 142 cm³/mol. The number of rotatable bonds is 7. The Balaban J connectivity index is 1.71. The molecular formula is C28H29F3N4O6. The largest absolute Gasteiger partial charge is 0.466 e. The first kappa shape index (κ1) is 29.6. The number of hydrogen-bond donors (Lipinski definition) is 2. The minimum atomic E-state index is -4.91. The quantitative estimate of drug-likeness (QED) is 0.214. The Morgan fingerprint density at radius 3 is 2.34 bits per heavy atom. The van der Waals surface area contributed by atoms with Crippen LogP contribution in [0.4, 0.5) is 24.5 Å². The molecule has 0 aromatic heterocycles. The average molecular weight is 575 g/mol. The fourth-order valence-corrected chi connectivity index (χ4v) is 5.28. The van der Waals surface area contributed by atoms with Gasteiger partial charge in [0.15, 0.2) is 0 Å². The highest BCUT2D eigenvalue weighted by Crippen LogP contribution is 2.45. The van der Waals surface area contributed by atoms with Crippen LogP contribution < -0.4 is 11.1 Å². The summed E-state index contributed by atoms with van der Waals surface area (Å²) in [6.45, 7) is 2.58. The number of hydrogen-bond acceptors (Lipinski definition) is 9. The van der Waals surface area contributed by atoms with Crippen LogP contribution in [0.2, 0.25) is 0 Å². The van der Waals surface area contributed by atoms with Crippen LogP contribution in [0.3, 0.4) is 0 Å². The van der Waals surface area contributed by atoms with E-state index in [1.807, 2.05) is 0 Å². The minimum Gasteiger partial charge on any atom is -0.466 e. The Bertz CT molecular complexity index is 1440. The Morgan fingerprint density at radius 2 is 1.76 bits per heavy atom. The molecule has 0 aliphatic carbocycles. The van der Waals surface area contributed by atoms with E-state index in [1.54, 1.807) is 24.3 Å². The molecule has 0 bridgehead atoms. The Hall–Kier alpha value is -4.39. The van der Waals surface area contributed by atoms with E-state index in [0.29, 0.717) is 5.69 Å². The van der Waals surface area contributed by atoms with Crippen LogP contribution in [0, 0.1) is 10.1 Å². The molecule has 2 atom stereocenters. The Kier molecular flexibility index (Phi) is 8.11. The summed E-state index contributed by atoms with van der Waals surface area (Å²) in [6, 6.07) is 11.9. The number of nitro benzene ring substituents is 1. The van der Waals surface area contributed by atoms with Crippen molar-refractivity contribution in [2.75, 3.05) is 25.9 Å². The number of carbonyl (C=O) groups excluding carboxylic acids is 2. The van der Waals surface area contributed by atoms with Gasteiger partial charge in [0.05, 0.1) is 29.1 Å². The van der Waals surface area contributed by atoms with Crippen molar-refractivity contribution in [2.24, 2.45) is 0 Å². The smallest absolute Gasteiger partial charge is 0.429 e. The number of benzene rings is 2. The predicted octanol–water partition coefficient (Wildman–Crippen LogP) is 4.34. The number of nitrogens with two attached hydrogens (primary N) is 1. The maximum absolute atomic E-state index is 14.6. The highest BCUT2D eigenvalue weighted by Gasteiger charge is 2.62. The Morgan fingerprint density at radius 1 is 1.12 bits per heavy atom. The second-order valence-corrected chi connectivity index (χ2v) is 10.1. The summed E-state index contributed by atoms with van der Waals surface area (Å²) in [5, 5.41) is 14.3. The fourth-order valence-electron chi connectivity index (χ4n) is 5.28. The van der Waals surface area contributed by atoms with Crippen LogP contribution in [0.5, 0.6) is 0 Å². The number of dihydropyridines is 1. The lowest BCUT2D eigenvalue weighted by Crippen LogP contribution is -2.51. The van der Waals surface area contributed by atoms with Gasteiger partial charge in [0.25, 0.3) is 5.69 Å². The third kappa shape index (κ3) is 5.89. The van der Waals surface area contributed by atoms with E-state index in [2.05, 4.69) is 5.32 Å². The van der Waals surface area contributed by atoms with Crippen molar-refractivity contribution in [1.29, 1.82) is 0 Å². The molecule has 4 rings (SSSR count). The van der Waals surface area contributed by atoms with Crippen LogP contribution in [0.1, 0.15) is 37.3 Å². The molecule has 2 aliphatic heterocycles. The lowest BCUT2D eigenvalue weighted by Gasteiger charge is -2.35. The number of ether oxygens (including phenoxy) is 2. The molecule has 1 saturated heterocycles. The summed E-state index contributed by atoms with van der Waals surface area (Å²) in [6.07, 6.45) is -5.41. The second kappa shape index (κ2) is 11.2. The Labute approximate surface area is 233 Å². The van der Waals surface area contributed by atoms with Gasteiger partial charge >= 0.3 is 18.1 Å². The summed E-state index contributed by atoms with van der Waals surface area (Å²) in [5.74, 6) is -3.44. The molecule has 0 radical (unpaired) electrons. The number of halogens is 3. The summed E-state index contributed by atoms with van der Waals surface area (Å²) >= 11 is 0. The number of carbonyl (C=O) groups is 2. The zero-order chi connectivity index (χ0) is 30.1. The van der Waals surface area contributed by atoms with Gasteiger partial charge in [-0.15, -0.1) is 0 Å². The monoisotopic (exact) mass is 574 g/mol. The maximum Gasteiger partial charge on any atom is 0.429 e. The van der Waals surface area contributed by atoms with Crippen molar-refractivity contribution in [1.82, 2.24) is 10.2 Å². The van der Waals surface area contributed by atoms with E-state index in [0.717, 1.165) is 18.7 Å². The number of allylic oxidation sites excluding steroid dienone is 2. The van der Waals surface area contributed by atoms with E-state index >= 15 is 0 Å². The van der Waals surface area contributed by atoms with Crippen LogP contribution >= 0.6 is 0 Å². The fraction of sp³-hybridized carbons (Fsp3) is 0.357. The van der Waals surface area contributed by atoms with Gasteiger partial charge in [-0.05, 0) is 37.1 Å². The number of alkyl halides is 3. The van der Waals surface area contributed by atoms with Crippen LogP contribution in [-0.4, -0.2) is 53.7 Å². The molecule has 0 spiro atoms. The molecule has 10 nitrogen and oxygen atoms in total. The standard InChI is InChI=1S/C28H29F3N4O6/c1-16-22(25(36)40-3)24(19-5-4-6-21(13-19)35(38)39)23(17(2)33-16)26(37)41-27(28(29,30)31)11-12-34(15-27)14-18-7-9-20(32)10-8-18/h4-10,13,24,33H,11-12,14-15,32H2,1-3H3/t24-,27+/m0/s1. The number of nitrogen functional groups attached to an aromatic ring is 1. The molecule has 2 heterocycles. The van der Waals surface area contributed by atoms with Gasteiger partial charge in [-0.1, -0.05) is 24.3 Å². The number of anilines is 1. The minimum absolute atomic E-state index is 0.00811. The zero-order valence-electron chi connectivity index (χ0n) is 22.6. The molecule has 1 fully saturated rings. The van der Waals surface area contributed by atoms with Gasteiger partial charge in [0.2, 0.25) is 5.60 Å². The molecule has 41 heavy (non-hydrogen) atoms. The van der Waals surface area contributed by atoms with Crippen molar-refractivity contribution in [3.8, 4) is 0 Å². The first-order chi connectivity index (χ1) is 19.3. The van der Waals surface area contributed by atoms with E-state index in [-0.39, 0.29) is 46.9 Å². The number of nitrogens with zero attached hydrogens (tertiary/aromatic N) is 2. The molecular weight excluding hydrogens is 545 g/mol. The third-order valence-corrected chi connectivity index (χ3v) is 7.30. The van der Waals surface area contributed by atoms with Gasteiger partial charge in [-0.25, -0.2) is 9.59 Å². The molecule has 0 unspecified atom stereocenters. The van der Waals surface area contributed by atoms with E-state index < -0.39 is 47.5 Å². The molecule has 13 heteroatoms. The summed E-state index contributed by atoms with van der Waals surface area (Å²) in [4.78, 5) is 38.9. The van der Waals surface area contributed by atoms with E-state index in [1.165, 1.54) is 36.9 Å². The van der Waals surface area contributed by atoms with Gasteiger partial charge in [0, 0.05) is 55.3 Å². The van der Waals surface area contributed by atoms with Crippen LogP contribution in [0.15, 0.2) is 71.1 Å². The third-order valence-electron chi connectivity index (χ3n) is 7.30. The van der Waals surface area contributed by atoms with E-state index in [9.17, 15) is 32.9 Å². The summed E-state index contributed by atoms with van der Waals surface area (Å²) in [5.41, 5.74) is 4.03. The number of methoxy groups -OCH3 is 1. The highest BCUT2D eigenvalue weighted by molar-refractivity contribution is 6.00. The van der Waals surface area contributed by atoms with Crippen molar-refractivity contribution in [2.45, 2.75) is 44.5 Å². The first-order valence-corrected chi connectivity index (χ1v) is 12.6. The number of nitrogens with one attached hydrogen (secondary N) is 1. The summed E-state index contributed by atoms with van der Waals surface area (Å²) in [7, 11) is 1.11. The average Bonchev–Trinajstić information content (AvgIpc) is 3.32. The first-order valence-electron chi connectivity index (χ1n) is 12.6. The zero-order valence-corrected chi connectivity index (χ0v) is 22.6. The van der Waals surface area contributed by atoms with Crippen molar-refractivity contribution in [3.63, 3.8) is 0 Å². The van der Waals surface area contributed by atoms with Crippen molar-refractivity contribution in [3.05, 3.63) is 92.3 Å². The lowest BCUT2D eigenvalue weighted by atomic mass is 9.80. The molecule has 2 aromatic carbocycles. The van der Waals surface area contributed by atoms with Gasteiger partial charge in [-0.3, -0.25) is 15.0 Å². The van der Waals surface area contributed by atoms with Crippen molar-refractivity contribution >= 4 is 23.3 Å². The highest BCUT2D eigenvalue weighted by atomic mass is 19.4. The van der Waals surface area contributed by atoms with Crippen LogP contribution in [0.25, 0.3) is 0 Å². The van der Waals surface area contributed by atoms with Crippen LogP contribution in [-0.2, 0) is 25.6 Å². The van der Waals surface area contributed by atoms with Gasteiger partial charge in [-0.2, -0.15) is 13.2 Å². The molecule has 0 saturated carbocycles. The molecule has 2 aliphatic rings.